The molecule has 43 heavy (non-hydrogen) atoms. The van der Waals surface area contributed by atoms with Gasteiger partial charge in [0.1, 0.15) is 17.3 Å². The molecule has 3 saturated carbocycles. The van der Waals surface area contributed by atoms with Gasteiger partial charge in [-0.3, -0.25) is 4.79 Å². The van der Waals surface area contributed by atoms with Crippen LogP contribution >= 0.6 is 0 Å². The molecular formula is C31H31FN6O4S. The molecule has 4 aromatic heterocycles. The molecule has 2 atom stereocenters. The lowest BCUT2D eigenvalue weighted by atomic mass is 9.61. The third-order valence-corrected chi connectivity index (χ3v) is 11.0. The van der Waals surface area contributed by atoms with E-state index in [1.807, 2.05) is 30.8 Å². The zero-order valence-corrected chi connectivity index (χ0v) is 24.8. The second-order valence-corrected chi connectivity index (χ2v) is 13.7. The maximum atomic E-state index is 14.9. The number of anilines is 1. The van der Waals surface area contributed by atoms with E-state index in [4.69, 9.17) is 9.97 Å². The normalized spacial score (nSPS) is 22.0. The molecule has 222 valence electrons. The number of hydrogen-bond acceptors (Lipinski definition) is 7. The third kappa shape index (κ3) is 4.30. The lowest BCUT2D eigenvalue weighted by molar-refractivity contribution is -0.148. The molecule has 0 radical (unpaired) electrons. The predicted molar refractivity (Wildman–Crippen MR) is 160 cm³/mol. The maximum Gasteiger partial charge on any atom is 0.308 e. The standard InChI is InChI=1S/C31H31FN6O4S/c1-16-4-10-20(11-5-16)43(41,42)38-15-22(24-17(2)23(32)14-33-30(24)38)28-35-27(21-12-13-37(3)29(21)36-28)34-26-19-8-6-18(7-9-19)25(26)31(39)40/h4-5,10-15,18-19,25-26H,6-9H2,1-3H3,(H,39,40)(H,34,35,36). The van der Waals surface area contributed by atoms with Gasteiger partial charge >= 0.3 is 5.97 Å². The average molecular weight is 603 g/mol. The number of rotatable bonds is 6. The van der Waals surface area contributed by atoms with Gasteiger partial charge in [0, 0.05) is 36.4 Å². The Labute approximate surface area is 247 Å². The van der Waals surface area contributed by atoms with Gasteiger partial charge in [0.05, 0.1) is 22.4 Å². The Hall–Kier alpha value is -4.32. The van der Waals surface area contributed by atoms with Crippen molar-refractivity contribution in [3.63, 3.8) is 0 Å². The number of carbonyl (C=O) groups is 1. The van der Waals surface area contributed by atoms with E-state index in [1.165, 1.54) is 18.3 Å². The van der Waals surface area contributed by atoms with Crippen LogP contribution in [0.2, 0.25) is 0 Å². The first-order valence-corrected chi connectivity index (χ1v) is 15.8. The van der Waals surface area contributed by atoms with Gasteiger partial charge < -0.3 is 15.0 Å². The molecule has 0 spiro atoms. The quantitative estimate of drug-likeness (QED) is 0.268. The van der Waals surface area contributed by atoms with E-state index < -0.39 is 27.7 Å². The van der Waals surface area contributed by atoms with Crippen molar-refractivity contribution in [2.24, 2.45) is 24.8 Å². The van der Waals surface area contributed by atoms with Crippen LogP contribution < -0.4 is 5.32 Å². The first-order chi connectivity index (χ1) is 20.5. The van der Waals surface area contributed by atoms with E-state index in [9.17, 15) is 22.7 Å². The predicted octanol–water partition coefficient (Wildman–Crippen LogP) is 5.28. The molecule has 3 aliphatic carbocycles. The van der Waals surface area contributed by atoms with Gasteiger partial charge in [-0.15, -0.1) is 0 Å². The Morgan fingerprint density at radius 1 is 1.02 bits per heavy atom. The minimum absolute atomic E-state index is 0.0649. The summed E-state index contributed by atoms with van der Waals surface area (Å²) in [4.78, 5) is 26.3. The van der Waals surface area contributed by atoms with Crippen molar-refractivity contribution >= 4 is 43.9 Å². The first-order valence-electron chi connectivity index (χ1n) is 14.4. The molecule has 12 heteroatoms. The van der Waals surface area contributed by atoms with Crippen molar-refractivity contribution in [2.45, 2.75) is 50.5 Å². The Morgan fingerprint density at radius 2 is 1.72 bits per heavy atom. The Kier molecular flexibility index (Phi) is 6.31. The van der Waals surface area contributed by atoms with Crippen LogP contribution in [0, 0.1) is 37.4 Å². The number of pyridine rings is 1. The second-order valence-electron chi connectivity index (χ2n) is 11.9. The molecular weight excluding hydrogens is 571 g/mol. The molecule has 2 unspecified atom stereocenters. The monoisotopic (exact) mass is 602 g/mol. The van der Waals surface area contributed by atoms with Crippen LogP contribution in [-0.2, 0) is 21.9 Å². The fraction of sp³-hybridized carbons (Fsp3) is 0.355. The molecule has 1 aromatic carbocycles. The summed E-state index contributed by atoms with van der Waals surface area (Å²) in [6, 6.07) is 8.04. The molecule has 3 fully saturated rings. The van der Waals surface area contributed by atoms with Gasteiger partial charge in [-0.05, 0) is 75.1 Å². The number of carboxylic acid groups (broad SMARTS) is 1. The van der Waals surface area contributed by atoms with Crippen molar-refractivity contribution in [3.05, 3.63) is 65.9 Å². The lowest BCUT2D eigenvalue weighted by Crippen LogP contribution is -2.51. The van der Waals surface area contributed by atoms with E-state index in [1.54, 1.807) is 19.1 Å². The summed E-state index contributed by atoms with van der Waals surface area (Å²) in [6.07, 6.45) is 7.97. The van der Waals surface area contributed by atoms with Gasteiger partial charge in [-0.1, -0.05) is 17.7 Å². The van der Waals surface area contributed by atoms with Crippen molar-refractivity contribution in [1.29, 1.82) is 0 Å². The second kappa shape index (κ2) is 9.87. The molecule has 2 N–H and O–H groups in total. The number of nitrogens with zero attached hydrogens (tertiary/aromatic N) is 5. The summed E-state index contributed by atoms with van der Waals surface area (Å²) >= 11 is 0. The molecule has 10 nitrogen and oxygen atoms in total. The average Bonchev–Trinajstić information content (AvgIpc) is 3.57. The van der Waals surface area contributed by atoms with Crippen molar-refractivity contribution in [2.75, 3.05) is 5.32 Å². The molecule has 5 aromatic rings. The zero-order chi connectivity index (χ0) is 30.2. The van der Waals surface area contributed by atoms with Crippen LogP contribution in [-0.4, -0.2) is 49.0 Å². The zero-order valence-electron chi connectivity index (χ0n) is 24.0. The van der Waals surface area contributed by atoms with Crippen molar-refractivity contribution in [3.8, 4) is 11.4 Å². The number of aliphatic carboxylic acids is 1. The number of carboxylic acids is 1. The molecule has 0 aliphatic heterocycles. The minimum Gasteiger partial charge on any atom is -0.481 e. The molecule has 3 aliphatic rings. The highest BCUT2D eigenvalue weighted by Gasteiger charge is 2.47. The van der Waals surface area contributed by atoms with Crippen LogP contribution in [0.1, 0.15) is 36.8 Å². The number of aromatic nitrogens is 5. The number of benzene rings is 1. The van der Waals surface area contributed by atoms with E-state index in [0.29, 0.717) is 22.4 Å². The first kappa shape index (κ1) is 27.5. The minimum atomic E-state index is -4.10. The highest BCUT2D eigenvalue weighted by atomic mass is 32.2. The van der Waals surface area contributed by atoms with Crippen LogP contribution in [0.5, 0.6) is 0 Å². The Bertz CT molecular complexity index is 2030. The van der Waals surface area contributed by atoms with Crippen LogP contribution in [0.4, 0.5) is 10.2 Å². The maximum absolute atomic E-state index is 14.9. The van der Waals surface area contributed by atoms with Crippen LogP contribution in [0.3, 0.4) is 0 Å². The molecule has 0 saturated heterocycles. The van der Waals surface area contributed by atoms with E-state index >= 15 is 0 Å². The third-order valence-electron chi connectivity index (χ3n) is 9.33. The molecule has 0 amide bonds. The SMILES string of the molecule is Cc1ccc(S(=O)(=O)n2cc(-c3nc(NC4C5CCC(CC5)C4C(=O)O)c4ccn(C)c4n3)c3c(C)c(F)cnc32)cc1. The van der Waals surface area contributed by atoms with Crippen LogP contribution in [0.25, 0.3) is 33.5 Å². The van der Waals surface area contributed by atoms with Gasteiger partial charge in [-0.2, -0.15) is 0 Å². The lowest BCUT2D eigenvalue weighted by Gasteiger charge is -2.47. The fourth-order valence-corrected chi connectivity index (χ4v) is 8.33. The largest absolute Gasteiger partial charge is 0.481 e. The Balaban J connectivity index is 1.43. The number of nitrogens with one attached hydrogen (secondary N) is 1. The van der Waals surface area contributed by atoms with Gasteiger partial charge in [0.2, 0.25) is 0 Å². The summed E-state index contributed by atoms with van der Waals surface area (Å²) in [7, 11) is -2.27. The molecule has 2 bridgehead atoms. The summed E-state index contributed by atoms with van der Waals surface area (Å²) in [6.45, 7) is 3.44. The number of aryl methyl sites for hydroxylation is 3. The van der Waals surface area contributed by atoms with E-state index in [-0.39, 0.29) is 45.2 Å². The van der Waals surface area contributed by atoms with Crippen LogP contribution in [0.15, 0.2) is 53.8 Å². The van der Waals surface area contributed by atoms with Gasteiger partial charge in [0.25, 0.3) is 10.0 Å². The topological polar surface area (TPSA) is 132 Å². The van der Waals surface area contributed by atoms with Crippen molar-refractivity contribution < 1.29 is 22.7 Å². The van der Waals surface area contributed by atoms with E-state index in [2.05, 4.69) is 10.3 Å². The summed E-state index contributed by atoms with van der Waals surface area (Å²) in [5, 5.41) is 14.6. The van der Waals surface area contributed by atoms with E-state index in [0.717, 1.165) is 41.4 Å². The smallest absolute Gasteiger partial charge is 0.308 e. The fourth-order valence-electron chi connectivity index (χ4n) is 7.01. The van der Waals surface area contributed by atoms with Gasteiger partial charge in [0.15, 0.2) is 11.5 Å². The van der Waals surface area contributed by atoms with Gasteiger partial charge in [-0.25, -0.2) is 31.7 Å². The summed E-state index contributed by atoms with van der Waals surface area (Å²) < 4.78 is 45.5. The number of fused-ring (bicyclic) bond motifs is 5. The molecule has 8 rings (SSSR count). The number of halogens is 1. The summed E-state index contributed by atoms with van der Waals surface area (Å²) in [5.41, 5.74) is 2.08. The number of hydrogen-bond donors (Lipinski definition) is 2. The summed E-state index contributed by atoms with van der Waals surface area (Å²) in [5.74, 6) is -0.977. The highest BCUT2D eigenvalue weighted by Crippen LogP contribution is 2.47. The highest BCUT2D eigenvalue weighted by molar-refractivity contribution is 7.90. The molecule has 4 heterocycles. The Morgan fingerprint density at radius 3 is 2.42 bits per heavy atom. The van der Waals surface area contributed by atoms with Crippen molar-refractivity contribution in [1.82, 2.24) is 23.5 Å².